The van der Waals surface area contributed by atoms with E-state index < -0.39 is 11.8 Å². The van der Waals surface area contributed by atoms with Crippen LogP contribution >= 0.6 is 12.2 Å². The van der Waals surface area contributed by atoms with E-state index in [2.05, 4.69) is 23.1 Å². The predicted octanol–water partition coefficient (Wildman–Crippen LogP) is 4.38. The zero-order valence-electron chi connectivity index (χ0n) is 18.6. The normalized spacial score (nSPS) is 10.2. The Morgan fingerprint density at radius 3 is 1.97 bits per heavy atom. The van der Waals surface area contributed by atoms with Crippen LogP contribution in [0.1, 0.15) is 66.7 Å². The molecule has 2 rings (SSSR count). The van der Waals surface area contributed by atoms with Gasteiger partial charge >= 0.3 is 0 Å². The molecule has 0 radical (unpaired) electrons. The number of hydrazine groups is 1. The maximum Gasteiger partial charge on any atom is 0.273 e. The molecule has 2 aromatic carbocycles. The monoisotopic (exact) mass is 457 g/mol. The summed E-state index contributed by atoms with van der Waals surface area (Å²) in [5.74, 6) is 0.126. The summed E-state index contributed by atoms with van der Waals surface area (Å²) < 4.78 is 11.4. The van der Waals surface area contributed by atoms with Crippen molar-refractivity contribution in [1.29, 1.82) is 0 Å². The fourth-order valence-corrected chi connectivity index (χ4v) is 3.01. The summed E-state index contributed by atoms with van der Waals surface area (Å²) in [5, 5.41) is 2.52. The number of rotatable bonds is 11. The topological polar surface area (TPSA) is 88.7 Å². The number of hydrogen-bond donors (Lipinski definition) is 3. The largest absolute Gasteiger partial charge is 0.493 e. The molecule has 8 heteroatoms. The van der Waals surface area contributed by atoms with Crippen LogP contribution in [0, 0.1) is 0 Å². The molecule has 172 valence electrons. The van der Waals surface area contributed by atoms with Crippen molar-refractivity contribution < 1.29 is 19.1 Å². The molecule has 7 nitrogen and oxygen atoms in total. The number of nitrogens with one attached hydrogen (secondary N) is 3. The van der Waals surface area contributed by atoms with Crippen molar-refractivity contribution in [2.45, 2.75) is 46.0 Å². The number of thiocarbonyl (C=S) groups is 1. The summed E-state index contributed by atoms with van der Waals surface area (Å²) >= 11 is 5.15. The van der Waals surface area contributed by atoms with Crippen LogP contribution in [0.5, 0.6) is 11.5 Å². The molecule has 3 N–H and O–H groups in total. The second-order valence-corrected chi connectivity index (χ2v) is 7.52. The third kappa shape index (κ3) is 8.19. The number of benzene rings is 2. The SMILES string of the molecule is CCCCCCOc1ccccc1C(=O)NC(=S)NNC(=O)c1ccccc1OCCC. The molecule has 0 fully saturated rings. The van der Waals surface area contributed by atoms with Gasteiger partial charge in [-0.15, -0.1) is 0 Å². The Bertz CT molecular complexity index is 904. The molecule has 32 heavy (non-hydrogen) atoms. The fraction of sp³-hybridized carbons (Fsp3) is 0.375. The Hall–Kier alpha value is -3.13. The van der Waals surface area contributed by atoms with E-state index in [1.54, 1.807) is 42.5 Å². The van der Waals surface area contributed by atoms with E-state index in [9.17, 15) is 9.59 Å². The predicted molar refractivity (Wildman–Crippen MR) is 129 cm³/mol. The van der Waals surface area contributed by atoms with Gasteiger partial charge < -0.3 is 9.47 Å². The molecule has 0 atom stereocenters. The summed E-state index contributed by atoms with van der Waals surface area (Å²) in [6.07, 6.45) is 5.16. The molecule has 0 aliphatic heterocycles. The molecule has 0 saturated heterocycles. The van der Waals surface area contributed by atoms with E-state index >= 15 is 0 Å². The van der Waals surface area contributed by atoms with Crippen LogP contribution in [-0.2, 0) is 0 Å². The number of para-hydroxylation sites is 2. The highest BCUT2D eigenvalue weighted by molar-refractivity contribution is 7.80. The molecule has 0 heterocycles. The van der Waals surface area contributed by atoms with Gasteiger partial charge in [0, 0.05) is 0 Å². The number of carbonyl (C=O) groups excluding carboxylic acids is 2. The number of amides is 2. The first-order chi connectivity index (χ1) is 15.6. The van der Waals surface area contributed by atoms with E-state index in [0.29, 0.717) is 35.8 Å². The highest BCUT2D eigenvalue weighted by atomic mass is 32.1. The Labute approximate surface area is 194 Å². The molecule has 2 aromatic rings. The van der Waals surface area contributed by atoms with Crippen molar-refractivity contribution >= 4 is 29.1 Å². The number of hydrogen-bond acceptors (Lipinski definition) is 5. The second kappa shape index (κ2) is 14.0. The minimum absolute atomic E-state index is 0.0342. The van der Waals surface area contributed by atoms with Crippen LogP contribution in [-0.4, -0.2) is 30.1 Å². The van der Waals surface area contributed by atoms with E-state index in [0.717, 1.165) is 32.1 Å². The van der Waals surface area contributed by atoms with Crippen molar-refractivity contribution in [2.24, 2.45) is 0 Å². The van der Waals surface area contributed by atoms with Crippen LogP contribution in [0.15, 0.2) is 48.5 Å². The van der Waals surface area contributed by atoms with E-state index in [1.807, 2.05) is 13.0 Å². The molecule has 2 amide bonds. The second-order valence-electron chi connectivity index (χ2n) is 7.11. The van der Waals surface area contributed by atoms with Crippen molar-refractivity contribution in [3.63, 3.8) is 0 Å². The Morgan fingerprint density at radius 1 is 0.750 bits per heavy atom. The summed E-state index contributed by atoms with van der Waals surface area (Å²) in [5.41, 5.74) is 5.78. The van der Waals surface area contributed by atoms with Crippen LogP contribution in [0.2, 0.25) is 0 Å². The standard InChI is InChI=1S/C24H31N3O4S/c1-3-5-6-11-17-31-20-14-9-7-12-18(20)22(28)25-24(32)27-26-23(29)19-13-8-10-15-21(19)30-16-4-2/h7-10,12-15H,3-6,11,16-17H2,1-2H3,(H,26,29)(H2,25,27,28,32). The van der Waals surface area contributed by atoms with Gasteiger partial charge in [0.2, 0.25) is 0 Å². The van der Waals surface area contributed by atoms with Gasteiger partial charge in [-0.25, -0.2) is 0 Å². The van der Waals surface area contributed by atoms with E-state index in [1.165, 1.54) is 0 Å². The third-order valence-corrected chi connectivity index (χ3v) is 4.70. The fourth-order valence-electron chi connectivity index (χ4n) is 2.87. The smallest absolute Gasteiger partial charge is 0.273 e. The summed E-state index contributed by atoms with van der Waals surface area (Å²) in [6.45, 7) is 5.19. The first-order valence-corrected chi connectivity index (χ1v) is 11.3. The van der Waals surface area contributed by atoms with Gasteiger partial charge in [-0.3, -0.25) is 25.8 Å². The van der Waals surface area contributed by atoms with E-state index in [-0.39, 0.29) is 5.11 Å². The minimum atomic E-state index is -0.427. The van der Waals surface area contributed by atoms with Gasteiger partial charge in [0.25, 0.3) is 11.8 Å². The minimum Gasteiger partial charge on any atom is -0.493 e. The van der Waals surface area contributed by atoms with Crippen LogP contribution in [0.25, 0.3) is 0 Å². The Balaban J connectivity index is 1.88. The van der Waals surface area contributed by atoms with Crippen LogP contribution in [0.4, 0.5) is 0 Å². The van der Waals surface area contributed by atoms with Gasteiger partial charge in [-0.05, 0) is 49.3 Å². The quantitative estimate of drug-likeness (QED) is 0.264. The van der Waals surface area contributed by atoms with Crippen LogP contribution in [0.3, 0.4) is 0 Å². The van der Waals surface area contributed by atoms with Gasteiger partial charge in [0.15, 0.2) is 5.11 Å². The lowest BCUT2D eigenvalue weighted by Gasteiger charge is -2.14. The first kappa shape index (κ1) is 25.1. The third-order valence-electron chi connectivity index (χ3n) is 4.50. The number of unbranched alkanes of at least 4 members (excludes halogenated alkanes) is 3. The average molecular weight is 458 g/mol. The lowest BCUT2D eigenvalue weighted by Crippen LogP contribution is -2.48. The maximum absolute atomic E-state index is 12.6. The zero-order valence-corrected chi connectivity index (χ0v) is 19.4. The van der Waals surface area contributed by atoms with Gasteiger partial charge in [0.1, 0.15) is 11.5 Å². The lowest BCUT2D eigenvalue weighted by atomic mass is 10.2. The Morgan fingerprint density at radius 2 is 1.34 bits per heavy atom. The molecule has 0 aliphatic carbocycles. The highest BCUT2D eigenvalue weighted by Gasteiger charge is 2.15. The highest BCUT2D eigenvalue weighted by Crippen LogP contribution is 2.19. The number of carbonyl (C=O) groups is 2. The van der Waals surface area contributed by atoms with Gasteiger partial charge in [-0.1, -0.05) is 57.4 Å². The molecule has 0 saturated carbocycles. The molecular weight excluding hydrogens is 426 g/mol. The molecular formula is C24H31N3O4S. The van der Waals surface area contributed by atoms with E-state index in [4.69, 9.17) is 21.7 Å². The van der Waals surface area contributed by atoms with Crippen molar-refractivity contribution in [3.05, 3.63) is 59.7 Å². The maximum atomic E-state index is 12.6. The molecule has 0 aromatic heterocycles. The van der Waals surface area contributed by atoms with Crippen molar-refractivity contribution in [3.8, 4) is 11.5 Å². The molecule has 0 unspecified atom stereocenters. The summed E-state index contributed by atoms with van der Waals surface area (Å²) in [6, 6.07) is 13.9. The van der Waals surface area contributed by atoms with Crippen molar-refractivity contribution in [2.75, 3.05) is 13.2 Å². The lowest BCUT2D eigenvalue weighted by molar-refractivity contribution is 0.0930. The average Bonchev–Trinajstić information content (AvgIpc) is 2.81. The molecule has 0 aliphatic rings. The number of ether oxygens (including phenoxy) is 2. The first-order valence-electron chi connectivity index (χ1n) is 10.9. The van der Waals surface area contributed by atoms with Gasteiger partial charge in [0.05, 0.1) is 24.3 Å². The summed E-state index contributed by atoms with van der Waals surface area (Å²) in [7, 11) is 0. The van der Waals surface area contributed by atoms with Gasteiger partial charge in [-0.2, -0.15) is 0 Å². The molecule has 0 spiro atoms. The van der Waals surface area contributed by atoms with Crippen molar-refractivity contribution in [1.82, 2.24) is 16.2 Å². The zero-order chi connectivity index (χ0) is 23.2. The molecule has 0 bridgehead atoms. The summed E-state index contributed by atoms with van der Waals surface area (Å²) in [4.78, 5) is 25.1. The Kier molecular flexibility index (Phi) is 11.0. The van der Waals surface area contributed by atoms with Crippen LogP contribution < -0.4 is 25.6 Å².